The molecule has 107 heavy (non-hydrogen) atoms. The van der Waals surface area contributed by atoms with Crippen LogP contribution in [0.1, 0.15) is 135 Å². The van der Waals surface area contributed by atoms with Crippen LogP contribution in [0.4, 0.5) is 26.3 Å². The van der Waals surface area contributed by atoms with E-state index in [4.69, 9.17) is 14.6 Å². The number of hydrogen-bond donors (Lipinski definition) is 1. The number of halogens is 6. The maximum atomic E-state index is 13.1. The van der Waals surface area contributed by atoms with Gasteiger partial charge in [0.2, 0.25) is 0 Å². The average Bonchev–Trinajstić information content (AvgIpc) is 1.55. The first-order chi connectivity index (χ1) is 50.8. The van der Waals surface area contributed by atoms with Crippen molar-refractivity contribution in [2.75, 3.05) is 0 Å². The predicted molar refractivity (Wildman–Crippen MR) is 426 cm³/mol. The van der Waals surface area contributed by atoms with Crippen LogP contribution in [0.3, 0.4) is 0 Å². The maximum Gasteiger partial charge on any atom is 0.417 e. The lowest BCUT2D eigenvalue weighted by Crippen LogP contribution is -2.28. The number of alkyl halides is 6. The Balaban J connectivity index is 0.000000148. The van der Waals surface area contributed by atoms with E-state index in [9.17, 15) is 31.1 Å². The highest BCUT2D eigenvalue weighted by atomic mass is 19.4. The number of carboxylic acids is 1. The topological polar surface area (TPSA) is 55.8 Å². The number of rotatable bonds is 11. The number of carboxylic acid groups (broad SMARTS) is 1. The smallest absolute Gasteiger partial charge is 0.417 e. The highest BCUT2D eigenvalue weighted by Gasteiger charge is 2.46. The van der Waals surface area contributed by atoms with Gasteiger partial charge < -0.3 is 14.6 Å². The largest absolute Gasteiger partial charge is 0.478 e. The Labute approximate surface area is 626 Å². The van der Waals surface area contributed by atoms with Gasteiger partial charge in [0.15, 0.2) is 0 Å². The highest BCUT2D eigenvalue weighted by molar-refractivity contribution is 5.88. The summed E-state index contributed by atoms with van der Waals surface area (Å²) in [5, 5.41) is 8.63. The summed E-state index contributed by atoms with van der Waals surface area (Å²) in [7, 11) is 0. The zero-order chi connectivity index (χ0) is 77.1. The Kier molecular flexibility index (Phi) is 24.3. The van der Waals surface area contributed by atoms with Gasteiger partial charge in [0.05, 0.1) is 22.1 Å². The summed E-state index contributed by atoms with van der Waals surface area (Å²) in [5.41, 5.74) is 23.2. The van der Waals surface area contributed by atoms with Gasteiger partial charge in [-0.25, -0.2) is 4.79 Å². The normalized spacial score (nSPS) is 11.9. The second-order valence-electron chi connectivity index (χ2n) is 28.5. The van der Waals surface area contributed by atoms with Crippen LogP contribution in [0.25, 0.3) is 33.4 Å². The molecule has 0 atom stereocenters. The van der Waals surface area contributed by atoms with E-state index in [0.717, 1.165) is 58.4 Å². The molecule has 0 saturated carbocycles. The van der Waals surface area contributed by atoms with Crippen LogP contribution in [-0.4, -0.2) is 11.1 Å². The SMILES string of the molecule is Cc1cc(C)cc(C(=O)O)c1.Cc1ccc(-c2ccc(C)cc2C(F)(F)F)c(C(F)(F)F)c1.Cc1ccc(-c2ccc(C)cc2C)c(C)c1.Cc1ccc(C2(c3ccc(C)cc3)c3ccccc3-c3ccccc32)cc1.Cc1ccc(Oc2ccc(C(C)(C)c3ccc(Oc4ccc(C)cc4)cc3)cc2)cc1. The molecule has 1 N–H and O–H groups in total. The van der Waals surface area contributed by atoms with Crippen LogP contribution in [0.2, 0.25) is 0 Å². The Morgan fingerprint density at radius 3 is 0.888 bits per heavy atom. The number of ether oxygens (including phenoxy) is 2. The third-order valence-corrected chi connectivity index (χ3v) is 19.4. The molecule has 0 fully saturated rings. The van der Waals surface area contributed by atoms with E-state index in [-0.39, 0.29) is 10.8 Å². The molecule has 13 aromatic rings. The molecule has 0 aromatic heterocycles. The third-order valence-electron chi connectivity index (χ3n) is 19.4. The number of aromatic carboxylic acids is 1. The molecular weight excluding hydrogens is 1340 g/mol. The molecule has 1 aliphatic rings. The van der Waals surface area contributed by atoms with Crippen LogP contribution in [0.15, 0.2) is 285 Å². The number of carbonyl (C=O) groups is 1. The van der Waals surface area contributed by atoms with Crippen molar-refractivity contribution < 1.29 is 45.7 Å². The van der Waals surface area contributed by atoms with Crippen LogP contribution in [-0.2, 0) is 23.2 Å². The summed E-state index contributed by atoms with van der Waals surface area (Å²) in [5.74, 6) is 2.51. The van der Waals surface area contributed by atoms with Gasteiger partial charge in [-0.15, -0.1) is 0 Å². The van der Waals surface area contributed by atoms with Crippen LogP contribution < -0.4 is 9.47 Å². The van der Waals surface area contributed by atoms with E-state index in [0.29, 0.717) is 16.7 Å². The van der Waals surface area contributed by atoms with Gasteiger partial charge in [-0.3, -0.25) is 0 Å². The molecule has 13 aromatic carbocycles. The Bertz CT molecular complexity index is 4910. The fraction of sp³-hybridized carbons (Fsp3) is 0.186. The minimum absolute atomic E-state index is 0.134. The fourth-order valence-corrected chi connectivity index (χ4v) is 13.7. The summed E-state index contributed by atoms with van der Waals surface area (Å²) >= 11 is 0. The molecule has 0 spiro atoms. The van der Waals surface area contributed by atoms with E-state index in [1.54, 1.807) is 12.1 Å². The molecule has 0 unspecified atom stereocenters. The Hall–Kier alpha value is -11.5. The number of aryl methyl sites for hydroxylation is 12. The van der Waals surface area contributed by atoms with Crippen molar-refractivity contribution in [2.24, 2.45) is 0 Å². The lowest BCUT2D eigenvalue weighted by molar-refractivity contribution is -0.139. The van der Waals surface area contributed by atoms with Crippen molar-refractivity contribution in [3.8, 4) is 56.4 Å². The molecule has 0 amide bonds. The molecule has 14 rings (SSSR count). The molecule has 0 radical (unpaired) electrons. The first-order valence-electron chi connectivity index (χ1n) is 35.6. The van der Waals surface area contributed by atoms with Gasteiger partial charge in [0, 0.05) is 5.41 Å². The first-order valence-corrected chi connectivity index (χ1v) is 35.6. The van der Waals surface area contributed by atoms with Crippen molar-refractivity contribution in [1.82, 2.24) is 0 Å². The summed E-state index contributed by atoms with van der Waals surface area (Å²) in [4.78, 5) is 10.5. The van der Waals surface area contributed by atoms with E-state index in [1.807, 2.05) is 68.4 Å². The zero-order valence-electron chi connectivity index (χ0n) is 63.1. The number of fused-ring (bicyclic) bond motifs is 3. The van der Waals surface area contributed by atoms with Crippen molar-refractivity contribution >= 4 is 5.97 Å². The van der Waals surface area contributed by atoms with Crippen molar-refractivity contribution in [3.63, 3.8) is 0 Å². The van der Waals surface area contributed by atoms with Gasteiger partial charge in [-0.2, -0.15) is 26.3 Å². The van der Waals surface area contributed by atoms with Crippen LogP contribution in [0, 0.1) is 83.1 Å². The average molecular weight is 1430 g/mol. The van der Waals surface area contributed by atoms with Crippen LogP contribution >= 0.6 is 0 Å². The van der Waals surface area contributed by atoms with Crippen molar-refractivity contribution in [3.05, 3.63) is 402 Å². The van der Waals surface area contributed by atoms with Gasteiger partial charge in [-0.05, 0) is 234 Å². The molecule has 10 heteroatoms. The van der Waals surface area contributed by atoms with Gasteiger partial charge >= 0.3 is 18.3 Å². The molecule has 4 nitrogen and oxygen atoms in total. The van der Waals surface area contributed by atoms with Crippen molar-refractivity contribution in [2.45, 2.75) is 120 Å². The van der Waals surface area contributed by atoms with Gasteiger partial charge in [0.25, 0.3) is 0 Å². The molecule has 544 valence electrons. The predicted octanol–water partition coefficient (Wildman–Crippen LogP) is 27.5. The van der Waals surface area contributed by atoms with E-state index in [1.165, 1.54) is 126 Å². The Morgan fingerprint density at radius 2 is 0.579 bits per heavy atom. The van der Waals surface area contributed by atoms with E-state index in [2.05, 4.69) is 251 Å². The minimum atomic E-state index is -4.73. The maximum absolute atomic E-state index is 13.1. The number of hydrogen-bond acceptors (Lipinski definition) is 3. The lowest BCUT2D eigenvalue weighted by atomic mass is 9.67. The molecule has 0 heterocycles. The highest BCUT2D eigenvalue weighted by Crippen LogP contribution is 2.56. The zero-order valence-corrected chi connectivity index (χ0v) is 63.1. The van der Waals surface area contributed by atoms with Crippen LogP contribution in [0.5, 0.6) is 23.0 Å². The fourth-order valence-electron chi connectivity index (χ4n) is 13.7. The summed E-state index contributed by atoms with van der Waals surface area (Å²) in [6, 6.07) is 94.0. The van der Waals surface area contributed by atoms with Gasteiger partial charge in [-0.1, -0.05) is 282 Å². The van der Waals surface area contributed by atoms with Crippen molar-refractivity contribution in [1.29, 1.82) is 0 Å². The quantitative estimate of drug-likeness (QED) is 0.131. The lowest BCUT2D eigenvalue weighted by Gasteiger charge is -2.34. The minimum Gasteiger partial charge on any atom is -0.478 e. The molecular formula is C97H90F6O4. The summed E-state index contributed by atoms with van der Waals surface area (Å²) < 4.78 is 90.8. The first kappa shape index (κ1) is 78.1. The standard InChI is InChI=1S/C29H28O2.C27H22.C16H12F6.C16H18.C9H10O2/c1-21-5-13-25(14-6-21)30-27-17-9-23(10-18-27)29(3,4)24-11-19-28(20-12-24)31-26-15-7-22(2)8-16-26;1-19-11-15-21(16-12-19)27(22-17-13-20(2)14-18-22)25-9-5-3-7-23(25)24-8-4-6-10-26(24)27;1-9-3-5-11(13(7-9)15(17,18)19)12-6-4-10(2)8-14(12)16(20,21)22;1-11-5-7-15(13(3)9-11)16-8-6-12(2)10-14(16)4;1-6-3-7(2)5-8(4-6)9(10)11/h5-20H,1-4H3;3-18H,1-2H3;3-8H,1-2H3;5-10H,1-4H3;3-5H,1-2H3,(H,10,11). The number of benzene rings is 13. The van der Waals surface area contributed by atoms with E-state index < -0.39 is 40.6 Å². The van der Waals surface area contributed by atoms with Gasteiger partial charge in [0.1, 0.15) is 23.0 Å². The Morgan fingerprint density at radius 1 is 0.299 bits per heavy atom. The second-order valence-corrected chi connectivity index (χ2v) is 28.5. The summed E-state index contributed by atoms with van der Waals surface area (Å²) in [6.45, 7) is 28.2. The molecule has 1 aliphatic carbocycles. The third kappa shape index (κ3) is 19.0. The molecule has 0 saturated heterocycles. The monoisotopic (exact) mass is 1430 g/mol. The second kappa shape index (κ2) is 33.3. The van der Waals surface area contributed by atoms with E-state index >= 15 is 0 Å². The molecule has 0 aliphatic heterocycles. The summed E-state index contributed by atoms with van der Waals surface area (Å²) in [6.07, 6.45) is -9.45. The molecule has 0 bridgehead atoms.